The van der Waals surface area contributed by atoms with Crippen LogP contribution in [0.2, 0.25) is 0 Å². The molecule has 1 rings (SSSR count). The number of nitrogens with one attached hydrogen (secondary N) is 1. The van der Waals surface area contributed by atoms with Crippen molar-refractivity contribution in [1.29, 1.82) is 0 Å². The van der Waals surface area contributed by atoms with Crippen molar-refractivity contribution in [2.24, 2.45) is 5.16 Å². The Bertz CT molecular complexity index is 375. The van der Waals surface area contributed by atoms with Gasteiger partial charge in [-0.2, -0.15) is 0 Å². The Balaban J connectivity index is 2.86. The first-order valence-electron chi connectivity index (χ1n) is 4.68. The lowest BCUT2D eigenvalue weighted by Gasteiger charge is -2.26. The molecule has 0 amide bonds. The Hall–Kier alpha value is -1.58. The first kappa shape index (κ1) is 11.5. The summed E-state index contributed by atoms with van der Waals surface area (Å²) < 4.78 is 12.9. The molecule has 0 radical (unpaired) electrons. The van der Waals surface area contributed by atoms with Gasteiger partial charge in [0.25, 0.3) is 0 Å². The molecule has 0 aliphatic carbocycles. The van der Waals surface area contributed by atoms with Crippen LogP contribution < -0.4 is 5.32 Å². The normalized spacial score (nSPS) is 12.7. The highest BCUT2D eigenvalue weighted by Crippen LogP contribution is 2.17. The maximum Gasteiger partial charge on any atom is 0.125 e. The monoisotopic (exact) mass is 210 g/mol. The standard InChI is InChI=1S/C11H15FN2O/c1-8(14-15)11(2,3)13-10-6-4-5-9(12)7-10/h4-7,13,15H,1-3H3/b14-8-. The number of hydrogen-bond donors (Lipinski definition) is 2. The summed E-state index contributed by atoms with van der Waals surface area (Å²) in [6.07, 6.45) is 0. The number of nitrogens with zero attached hydrogens (tertiary/aromatic N) is 1. The fourth-order valence-corrected chi connectivity index (χ4v) is 1.14. The lowest BCUT2D eigenvalue weighted by molar-refractivity contribution is 0.314. The Morgan fingerprint density at radius 1 is 1.47 bits per heavy atom. The zero-order valence-electron chi connectivity index (χ0n) is 9.08. The third-order valence-electron chi connectivity index (χ3n) is 2.34. The van der Waals surface area contributed by atoms with Gasteiger partial charge in [-0.15, -0.1) is 0 Å². The van der Waals surface area contributed by atoms with Crippen LogP contribution in [0.1, 0.15) is 20.8 Å². The van der Waals surface area contributed by atoms with E-state index in [-0.39, 0.29) is 5.82 Å². The van der Waals surface area contributed by atoms with Crippen molar-refractivity contribution in [3.63, 3.8) is 0 Å². The topological polar surface area (TPSA) is 44.6 Å². The second-order valence-corrected chi connectivity index (χ2v) is 3.95. The van der Waals surface area contributed by atoms with Crippen LogP contribution >= 0.6 is 0 Å². The molecule has 3 nitrogen and oxygen atoms in total. The highest BCUT2D eigenvalue weighted by Gasteiger charge is 2.21. The van der Waals surface area contributed by atoms with Crippen molar-refractivity contribution in [1.82, 2.24) is 0 Å². The van der Waals surface area contributed by atoms with E-state index in [1.807, 2.05) is 13.8 Å². The first-order valence-corrected chi connectivity index (χ1v) is 4.68. The average molecular weight is 210 g/mol. The molecule has 15 heavy (non-hydrogen) atoms. The summed E-state index contributed by atoms with van der Waals surface area (Å²) in [6, 6.07) is 6.16. The molecule has 0 saturated carbocycles. The molecule has 0 heterocycles. The van der Waals surface area contributed by atoms with Crippen LogP contribution in [0.4, 0.5) is 10.1 Å². The number of hydrogen-bond acceptors (Lipinski definition) is 3. The largest absolute Gasteiger partial charge is 0.411 e. The van der Waals surface area contributed by atoms with Gasteiger partial charge in [0.15, 0.2) is 0 Å². The minimum Gasteiger partial charge on any atom is -0.411 e. The predicted octanol–water partition coefficient (Wildman–Crippen LogP) is 2.87. The van der Waals surface area contributed by atoms with Gasteiger partial charge in [-0.05, 0) is 39.0 Å². The smallest absolute Gasteiger partial charge is 0.125 e. The summed E-state index contributed by atoms with van der Waals surface area (Å²) in [4.78, 5) is 0. The van der Waals surface area contributed by atoms with Crippen molar-refractivity contribution in [3.8, 4) is 0 Å². The summed E-state index contributed by atoms with van der Waals surface area (Å²) >= 11 is 0. The second-order valence-electron chi connectivity index (χ2n) is 3.95. The molecule has 0 aliphatic rings. The van der Waals surface area contributed by atoms with Crippen LogP contribution in [-0.4, -0.2) is 16.5 Å². The molecule has 2 N–H and O–H groups in total. The second kappa shape index (κ2) is 4.29. The molecular formula is C11H15FN2O. The van der Waals surface area contributed by atoms with Crippen LogP contribution in [-0.2, 0) is 0 Å². The van der Waals surface area contributed by atoms with Crippen LogP contribution in [0.25, 0.3) is 0 Å². The number of anilines is 1. The number of rotatable bonds is 3. The predicted molar refractivity (Wildman–Crippen MR) is 59.0 cm³/mol. The molecule has 0 fully saturated rings. The molecular weight excluding hydrogens is 195 g/mol. The maximum absolute atomic E-state index is 12.9. The zero-order chi connectivity index (χ0) is 11.5. The molecule has 1 aromatic carbocycles. The van der Waals surface area contributed by atoms with E-state index in [1.54, 1.807) is 19.1 Å². The molecule has 0 aromatic heterocycles. The minimum absolute atomic E-state index is 0.297. The fraction of sp³-hybridized carbons (Fsp3) is 0.364. The first-order chi connectivity index (χ1) is 6.95. The molecule has 4 heteroatoms. The Labute approximate surface area is 88.6 Å². The van der Waals surface area contributed by atoms with Gasteiger partial charge in [0.1, 0.15) is 5.82 Å². The van der Waals surface area contributed by atoms with E-state index in [0.29, 0.717) is 11.4 Å². The van der Waals surface area contributed by atoms with E-state index >= 15 is 0 Å². The summed E-state index contributed by atoms with van der Waals surface area (Å²) in [5.41, 5.74) is 0.678. The molecule has 0 aliphatic heterocycles. The van der Waals surface area contributed by atoms with E-state index in [2.05, 4.69) is 10.5 Å². The molecule has 1 aromatic rings. The van der Waals surface area contributed by atoms with Crippen molar-refractivity contribution in [3.05, 3.63) is 30.1 Å². The molecule has 0 unspecified atom stereocenters. The Kier molecular flexibility index (Phi) is 3.29. The van der Waals surface area contributed by atoms with Gasteiger partial charge in [0.05, 0.1) is 11.3 Å². The van der Waals surface area contributed by atoms with E-state index in [9.17, 15) is 4.39 Å². The molecule has 0 atom stereocenters. The quantitative estimate of drug-likeness (QED) is 0.457. The van der Waals surface area contributed by atoms with Crippen molar-refractivity contribution in [2.45, 2.75) is 26.3 Å². The van der Waals surface area contributed by atoms with E-state index in [4.69, 9.17) is 5.21 Å². The lowest BCUT2D eigenvalue weighted by atomic mass is 9.99. The Morgan fingerprint density at radius 3 is 2.67 bits per heavy atom. The summed E-state index contributed by atoms with van der Waals surface area (Å²) in [7, 11) is 0. The maximum atomic E-state index is 12.9. The van der Waals surface area contributed by atoms with E-state index in [0.717, 1.165) is 0 Å². The van der Waals surface area contributed by atoms with Crippen LogP contribution in [0.15, 0.2) is 29.4 Å². The Morgan fingerprint density at radius 2 is 2.13 bits per heavy atom. The van der Waals surface area contributed by atoms with Gasteiger partial charge in [-0.25, -0.2) is 4.39 Å². The number of benzene rings is 1. The van der Waals surface area contributed by atoms with Gasteiger partial charge < -0.3 is 10.5 Å². The zero-order valence-corrected chi connectivity index (χ0v) is 9.08. The molecule has 0 saturated heterocycles. The lowest BCUT2D eigenvalue weighted by Crippen LogP contribution is -2.38. The van der Waals surface area contributed by atoms with E-state index in [1.165, 1.54) is 12.1 Å². The summed E-state index contributed by atoms with van der Waals surface area (Å²) in [5, 5.41) is 14.9. The average Bonchev–Trinajstić information content (AvgIpc) is 2.15. The van der Waals surface area contributed by atoms with Crippen LogP contribution in [0, 0.1) is 5.82 Å². The van der Waals surface area contributed by atoms with Crippen molar-refractivity contribution < 1.29 is 9.60 Å². The van der Waals surface area contributed by atoms with Crippen molar-refractivity contribution in [2.75, 3.05) is 5.32 Å². The molecule has 0 spiro atoms. The molecule has 82 valence electrons. The highest BCUT2D eigenvalue weighted by molar-refractivity contribution is 5.92. The third-order valence-corrected chi connectivity index (χ3v) is 2.34. The van der Waals surface area contributed by atoms with Crippen molar-refractivity contribution >= 4 is 11.4 Å². The third kappa shape index (κ3) is 2.94. The number of oxime groups is 1. The summed E-state index contributed by atoms with van der Waals surface area (Å²) in [6.45, 7) is 5.41. The van der Waals surface area contributed by atoms with Gasteiger partial charge >= 0.3 is 0 Å². The van der Waals surface area contributed by atoms with Crippen LogP contribution in [0.5, 0.6) is 0 Å². The number of halogens is 1. The van der Waals surface area contributed by atoms with Crippen LogP contribution in [0.3, 0.4) is 0 Å². The summed E-state index contributed by atoms with van der Waals surface area (Å²) in [5.74, 6) is -0.297. The van der Waals surface area contributed by atoms with Gasteiger partial charge in [0.2, 0.25) is 0 Å². The van der Waals surface area contributed by atoms with Gasteiger partial charge in [-0.3, -0.25) is 0 Å². The van der Waals surface area contributed by atoms with Gasteiger partial charge in [-0.1, -0.05) is 11.2 Å². The van der Waals surface area contributed by atoms with E-state index < -0.39 is 5.54 Å². The minimum atomic E-state index is -0.511. The van der Waals surface area contributed by atoms with Gasteiger partial charge in [0, 0.05) is 5.69 Å². The fourth-order valence-electron chi connectivity index (χ4n) is 1.14. The molecule has 0 bridgehead atoms. The SMILES string of the molecule is C/C(=N/O)C(C)(C)Nc1cccc(F)c1. The highest BCUT2D eigenvalue weighted by atomic mass is 19.1.